The monoisotopic (exact) mass is 195 g/mol. The summed E-state index contributed by atoms with van der Waals surface area (Å²) in [6.45, 7) is 2.07. The highest BCUT2D eigenvalue weighted by molar-refractivity contribution is 5.74. The Kier molecular flexibility index (Phi) is 2.59. The van der Waals surface area contributed by atoms with Gasteiger partial charge in [0.05, 0.1) is 0 Å². The van der Waals surface area contributed by atoms with Crippen LogP contribution in [0.15, 0.2) is 11.6 Å². The summed E-state index contributed by atoms with van der Waals surface area (Å²) < 4.78 is 0. The van der Waals surface area contributed by atoms with Crippen LogP contribution in [-0.4, -0.2) is 23.2 Å². The predicted octanol–water partition coefficient (Wildman–Crippen LogP) is 1.55. The van der Waals surface area contributed by atoms with Crippen LogP contribution in [0, 0.1) is 5.92 Å². The molecule has 3 atom stereocenters. The van der Waals surface area contributed by atoms with Gasteiger partial charge in [0.15, 0.2) is 0 Å². The molecule has 1 saturated carbocycles. The van der Waals surface area contributed by atoms with Crippen LogP contribution in [0.25, 0.3) is 0 Å². The first kappa shape index (κ1) is 9.71. The van der Waals surface area contributed by atoms with Gasteiger partial charge in [-0.05, 0) is 38.5 Å². The maximum atomic E-state index is 10.8. The van der Waals surface area contributed by atoms with Gasteiger partial charge in [-0.1, -0.05) is 11.6 Å². The molecule has 1 heterocycles. The minimum absolute atomic E-state index is 0.304. The Hall–Kier alpha value is -0.830. The van der Waals surface area contributed by atoms with Gasteiger partial charge in [-0.2, -0.15) is 0 Å². The van der Waals surface area contributed by atoms with E-state index in [4.69, 9.17) is 5.11 Å². The lowest BCUT2D eigenvalue weighted by atomic mass is 9.82. The lowest BCUT2D eigenvalue weighted by molar-refractivity contribution is -0.139. The van der Waals surface area contributed by atoms with Crippen molar-refractivity contribution in [2.24, 2.45) is 5.92 Å². The topological polar surface area (TPSA) is 49.3 Å². The highest BCUT2D eigenvalue weighted by Crippen LogP contribution is 2.35. The molecule has 3 heteroatoms. The van der Waals surface area contributed by atoms with Crippen LogP contribution in [0.3, 0.4) is 0 Å². The summed E-state index contributed by atoms with van der Waals surface area (Å²) >= 11 is 0. The highest BCUT2D eigenvalue weighted by atomic mass is 16.4. The number of nitrogens with one attached hydrogen (secondary N) is 1. The van der Waals surface area contributed by atoms with Crippen molar-refractivity contribution in [2.45, 2.75) is 44.7 Å². The molecule has 0 amide bonds. The van der Waals surface area contributed by atoms with E-state index in [0.29, 0.717) is 12.0 Å². The van der Waals surface area contributed by atoms with Crippen molar-refractivity contribution < 1.29 is 9.90 Å². The van der Waals surface area contributed by atoms with Crippen LogP contribution in [0.4, 0.5) is 0 Å². The van der Waals surface area contributed by atoms with Crippen LogP contribution in [-0.2, 0) is 4.79 Å². The molecule has 0 spiro atoms. The van der Waals surface area contributed by atoms with Crippen molar-refractivity contribution in [2.75, 3.05) is 0 Å². The molecule has 2 fully saturated rings. The standard InChI is InChI=1S/C11H17NO2/c1-2-7-3-4-8-6-10(11(13)14)12-9(8)5-7/h2,8-10,12H,3-6H2,1H3,(H,13,14)/b7-2+. The number of aliphatic carboxylic acids is 1. The molecule has 0 aromatic heterocycles. The zero-order valence-corrected chi connectivity index (χ0v) is 8.49. The Morgan fingerprint density at radius 3 is 3.07 bits per heavy atom. The molecule has 14 heavy (non-hydrogen) atoms. The van der Waals surface area contributed by atoms with Gasteiger partial charge in [0, 0.05) is 6.04 Å². The number of hydrogen-bond acceptors (Lipinski definition) is 2. The van der Waals surface area contributed by atoms with Gasteiger partial charge < -0.3 is 10.4 Å². The third-order valence-corrected chi connectivity index (χ3v) is 3.55. The smallest absolute Gasteiger partial charge is 0.320 e. The van der Waals surface area contributed by atoms with E-state index in [1.165, 1.54) is 5.57 Å². The Bertz CT molecular complexity index is 272. The summed E-state index contributed by atoms with van der Waals surface area (Å²) in [6, 6.07) is 0.109. The molecular weight excluding hydrogens is 178 g/mol. The maximum Gasteiger partial charge on any atom is 0.320 e. The van der Waals surface area contributed by atoms with Crippen molar-refractivity contribution in [3.8, 4) is 0 Å². The summed E-state index contributed by atoms with van der Waals surface area (Å²) in [5, 5.41) is 12.1. The molecule has 2 aliphatic rings. The molecule has 1 saturated heterocycles. The highest BCUT2D eigenvalue weighted by Gasteiger charge is 2.39. The Morgan fingerprint density at radius 1 is 1.64 bits per heavy atom. The van der Waals surface area contributed by atoms with E-state index in [2.05, 4.69) is 18.3 Å². The molecule has 0 aromatic carbocycles. The average Bonchev–Trinajstić information content (AvgIpc) is 2.59. The summed E-state index contributed by atoms with van der Waals surface area (Å²) in [4.78, 5) is 10.8. The average molecular weight is 195 g/mol. The zero-order valence-electron chi connectivity index (χ0n) is 8.49. The van der Waals surface area contributed by atoms with Gasteiger partial charge >= 0.3 is 5.97 Å². The fourth-order valence-corrected chi connectivity index (χ4v) is 2.66. The van der Waals surface area contributed by atoms with Gasteiger partial charge in [-0.3, -0.25) is 4.79 Å². The van der Waals surface area contributed by atoms with Crippen molar-refractivity contribution in [3.63, 3.8) is 0 Å². The minimum Gasteiger partial charge on any atom is -0.480 e. The number of hydrogen-bond donors (Lipinski definition) is 2. The molecule has 0 bridgehead atoms. The van der Waals surface area contributed by atoms with E-state index in [1.807, 2.05) is 0 Å². The molecule has 78 valence electrons. The van der Waals surface area contributed by atoms with Crippen molar-refractivity contribution in [1.29, 1.82) is 0 Å². The number of carboxylic acids is 1. The van der Waals surface area contributed by atoms with Crippen LogP contribution < -0.4 is 5.32 Å². The van der Waals surface area contributed by atoms with E-state index in [1.54, 1.807) is 0 Å². The fraction of sp³-hybridized carbons (Fsp3) is 0.727. The van der Waals surface area contributed by atoms with Crippen LogP contribution >= 0.6 is 0 Å². The van der Waals surface area contributed by atoms with Crippen LogP contribution in [0.5, 0.6) is 0 Å². The molecule has 0 aromatic rings. The van der Waals surface area contributed by atoms with Gasteiger partial charge in [0.1, 0.15) is 6.04 Å². The third-order valence-electron chi connectivity index (χ3n) is 3.55. The summed E-state index contributed by atoms with van der Waals surface area (Å²) in [5.41, 5.74) is 1.48. The Balaban J connectivity index is 2.01. The van der Waals surface area contributed by atoms with Crippen molar-refractivity contribution >= 4 is 5.97 Å². The van der Waals surface area contributed by atoms with E-state index >= 15 is 0 Å². The SMILES string of the molecule is C/C=C1\CCC2CC(C(=O)O)NC2C1. The zero-order chi connectivity index (χ0) is 10.1. The normalized spacial score (nSPS) is 39.8. The molecule has 1 aliphatic carbocycles. The molecule has 3 nitrogen and oxygen atoms in total. The summed E-state index contributed by atoms with van der Waals surface area (Å²) in [6.07, 6.45) is 6.35. The molecule has 3 unspecified atom stereocenters. The first-order chi connectivity index (χ1) is 6.70. The molecule has 0 radical (unpaired) electrons. The lowest BCUT2D eigenvalue weighted by Crippen LogP contribution is -2.37. The van der Waals surface area contributed by atoms with Gasteiger partial charge in [-0.25, -0.2) is 0 Å². The number of fused-ring (bicyclic) bond motifs is 1. The molecule has 2 rings (SSSR count). The fourth-order valence-electron chi connectivity index (χ4n) is 2.66. The van der Waals surface area contributed by atoms with Gasteiger partial charge in [-0.15, -0.1) is 0 Å². The number of allylic oxidation sites excluding steroid dienone is 1. The molecule has 1 aliphatic heterocycles. The predicted molar refractivity (Wildman–Crippen MR) is 54.1 cm³/mol. The molecule has 2 N–H and O–H groups in total. The second-order valence-electron chi connectivity index (χ2n) is 4.35. The summed E-state index contributed by atoms with van der Waals surface area (Å²) in [7, 11) is 0. The van der Waals surface area contributed by atoms with Crippen LogP contribution in [0.1, 0.15) is 32.6 Å². The Morgan fingerprint density at radius 2 is 2.43 bits per heavy atom. The number of carbonyl (C=O) groups is 1. The van der Waals surface area contributed by atoms with Crippen LogP contribution in [0.2, 0.25) is 0 Å². The third kappa shape index (κ3) is 1.69. The van der Waals surface area contributed by atoms with E-state index in [-0.39, 0.29) is 6.04 Å². The summed E-state index contributed by atoms with van der Waals surface area (Å²) in [5.74, 6) is -0.110. The minimum atomic E-state index is -0.693. The first-order valence-corrected chi connectivity index (χ1v) is 5.33. The number of rotatable bonds is 1. The quantitative estimate of drug-likeness (QED) is 0.624. The second-order valence-corrected chi connectivity index (χ2v) is 4.35. The van der Waals surface area contributed by atoms with E-state index in [0.717, 1.165) is 25.7 Å². The Labute approximate surface area is 84.2 Å². The van der Waals surface area contributed by atoms with Gasteiger partial charge in [0.2, 0.25) is 0 Å². The number of carboxylic acid groups (broad SMARTS) is 1. The largest absolute Gasteiger partial charge is 0.480 e. The maximum absolute atomic E-state index is 10.8. The first-order valence-electron chi connectivity index (χ1n) is 5.33. The lowest BCUT2D eigenvalue weighted by Gasteiger charge is -2.26. The van der Waals surface area contributed by atoms with Gasteiger partial charge in [0.25, 0.3) is 0 Å². The second kappa shape index (κ2) is 3.73. The van der Waals surface area contributed by atoms with E-state index in [9.17, 15) is 4.79 Å². The molecular formula is C11H17NO2. The van der Waals surface area contributed by atoms with Crippen molar-refractivity contribution in [3.05, 3.63) is 11.6 Å². The van der Waals surface area contributed by atoms with Crippen molar-refractivity contribution in [1.82, 2.24) is 5.32 Å². The van der Waals surface area contributed by atoms with E-state index < -0.39 is 5.97 Å².